The molecule has 1 aliphatic rings. The number of carbonyl (C=O) groups excluding carboxylic acids is 2. The average molecular weight is 515 g/mol. The van der Waals surface area contributed by atoms with Crippen molar-refractivity contribution in [3.8, 4) is 17.0 Å². The second-order valence-corrected chi connectivity index (χ2v) is 10.6. The molecule has 0 radical (unpaired) electrons. The highest BCUT2D eigenvalue weighted by molar-refractivity contribution is 7.17. The summed E-state index contributed by atoms with van der Waals surface area (Å²) in [7, 11) is 1.62. The summed E-state index contributed by atoms with van der Waals surface area (Å²) in [5, 5.41) is 4.39. The van der Waals surface area contributed by atoms with Gasteiger partial charge in [0, 0.05) is 15.8 Å². The molecule has 6 nitrogen and oxygen atoms in total. The fourth-order valence-corrected chi connectivity index (χ4v) is 6.06. The van der Waals surface area contributed by atoms with E-state index in [4.69, 9.17) is 14.5 Å². The van der Waals surface area contributed by atoms with Crippen molar-refractivity contribution < 1.29 is 19.1 Å². The zero-order valence-electron chi connectivity index (χ0n) is 21.3. The quantitative estimate of drug-likeness (QED) is 0.220. The van der Waals surface area contributed by atoms with E-state index in [1.54, 1.807) is 13.2 Å². The second kappa shape index (κ2) is 10.7. The smallest absolute Gasteiger partial charge is 0.341 e. The summed E-state index contributed by atoms with van der Waals surface area (Å²) in [6.07, 6.45) is 4.74. The summed E-state index contributed by atoms with van der Waals surface area (Å²) >= 11 is 1.50. The van der Waals surface area contributed by atoms with Gasteiger partial charge in [0.15, 0.2) is 0 Å². The number of rotatable bonds is 6. The van der Waals surface area contributed by atoms with E-state index in [9.17, 15) is 9.59 Å². The number of hydrogen-bond donors (Lipinski definition) is 1. The van der Waals surface area contributed by atoms with E-state index in [-0.39, 0.29) is 18.0 Å². The number of aromatic nitrogens is 1. The Morgan fingerprint density at radius 1 is 1.00 bits per heavy atom. The van der Waals surface area contributed by atoms with E-state index in [0.717, 1.165) is 54.1 Å². The minimum Gasteiger partial charge on any atom is -0.497 e. The number of fused-ring (bicyclic) bond motifs is 2. The van der Waals surface area contributed by atoms with Crippen LogP contribution in [0.1, 0.15) is 64.3 Å². The number of ether oxygens (including phenoxy) is 2. The summed E-state index contributed by atoms with van der Waals surface area (Å²) < 4.78 is 11.0. The molecule has 0 fully saturated rings. The van der Waals surface area contributed by atoms with Gasteiger partial charge in [0.25, 0.3) is 5.91 Å². The molecular weight excluding hydrogens is 484 g/mol. The molecule has 0 spiro atoms. The number of nitrogens with zero attached hydrogens (tertiary/aromatic N) is 1. The van der Waals surface area contributed by atoms with Gasteiger partial charge in [0.05, 0.1) is 35.6 Å². The first-order valence-electron chi connectivity index (χ1n) is 12.7. The highest BCUT2D eigenvalue weighted by Crippen LogP contribution is 2.39. The number of esters is 1. The Labute approximate surface area is 220 Å². The summed E-state index contributed by atoms with van der Waals surface area (Å²) in [5.41, 5.74) is 4.27. The SMILES string of the molecule is COc1cccc(-c2cc(C(=O)Nc3sc4c(c3C(=O)OC(C)C)CCCCC4)c3ccccc3n2)c1. The van der Waals surface area contributed by atoms with Crippen molar-refractivity contribution in [3.63, 3.8) is 0 Å². The standard InChI is InChI=1S/C30H30N2O4S/c1-18(2)36-30(34)27-22-13-5-4-6-15-26(22)37-29(27)32-28(33)23-17-25(19-10-9-11-20(16-19)35-3)31-24-14-8-7-12-21(23)24/h7-12,14,16-18H,4-6,13,15H2,1-3H3,(H,32,33). The molecule has 0 saturated heterocycles. The van der Waals surface area contributed by atoms with Gasteiger partial charge in [-0.05, 0) is 69.4 Å². The maximum Gasteiger partial charge on any atom is 0.341 e. The Balaban J connectivity index is 1.57. The van der Waals surface area contributed by atoms with E-state index in [0.29, 0.717) is 27.6 Å². The first-order valence-corrected chi connectivity index (χ1v) is 13.5. The number of anilines is 1. The van der Waals surface area contributed by atoms with Gasteiger partial charge in [-0.3, -0.25) is 4.79 Å². The Hall–Kier alpha value is -3.71. The fraction of sp³-hybridized carbons (Fsp3) is 0.300. The number of pyridine rings is 1. The molecule has 0 aliphatic heterocycles. The van der Waals surface area contributed by atoms with Crippen LogP contribution in [0.25, 0.3) is 22.2 Å². The van der Waals surface area contributed by atoms with Crippen molar-refractivity contribution in [2.45, 2.75) is 52.1 Å². The maximum atomic E-state index is 13.8. The summed E-state index contributed by atoms with van der Waals surface area (Å²) in [5.74, 6) is 0.0611. The molecule has 1 amide bonds. The molecular formula is C30H30N2O4S. The lowest BCUT2D eigenvalue weighted by molar-refractivity contribution is 0.0378. The van der Waals surface area contributed by atoms with Gasteiger partial charge in [0.2, 0.25) is 0 Å². The number of methoxy groups -OCH3 is 1. The second-order valence-electron chi connectivity index (χ2n) is 9.48. The first-order chi connectivity index (χ1) is 17.9. The Morgan fingerprint density at radius 3 is 2.62 bits per heavy atom. The summed E-state index contributed by atoms with van der Waals surface area (Å²) in [6, 6.07) is 17.0. The number of thiophene rings is 1. The van der Waals surface area contributed by atoms with E-state index in [1.165, 1.54) is 16.2 Å². The Kier molecular flexibility index (Phi) is 7.24. The highest BCUT2D eigenvalue weighted by atomic mass is 32.1. The molecule has 0 unspecified atom stereocenters. The number of para-hydroxylation sites is 1. The molecule has 190 valence electrons. The molecule has 4 aromatic rings. The molecule has 0 atom stereocenters. The predicted octanol–water partition coefficient (Wildman–Crippen LogP) is 7.06. The Bertz CT molecular complexity index is 1470. The van der Waals surface area contributed by atoms with E-state index < -0.39 is 0 Å². The maximum absolute atomic E-state index is 13.8. The third kappa shape index (κ3) is 5.23. The number of benzene rings is 2. The lowest BCUT2D eigenvalue weighted by atomic mass is 10.0. The average Bonchev–Trinajstić information content (AvgIpc) is 3.07. The van der Waals surface area contributed by atoms with Crippen LogP contribution in [-0.4, -0.2) is 30.1 Å². The lowest BCUT2D eigenvalue weighted by Gasteiger charge is -2.13. The van der Waals surface area contributed by atoms with Crippen LogP contribution in [0.4, 0.5) is 5.00 Å². The van der Waals surface area contributed by atoms with Crippen molar-refractivity contribution >= 4 is 39.1 Å². The lowest BCUT2D eigenvalue weighted by Crippen LogP contribution is -2.18. The number of aryl methyl sites for hydroxylation is 1. The van der Waals surface area contributed by atoms with Crippen LogP contribution in [0, 0.1) is 0 Å². The minimum absolute atomic E-state index is 0.244. The zero-order chi connectivity index (χ0) is 25.9. The molecule has 2 heterocycles. The van der Waals surface area contributed by atoms with Gasteiger partial charge < -0.3 is 14.8 Å². The van der Waals surface area contributed by atoms with Gasteiger partial charge in [0.1, 0.15) is 10.8 Å². The third-order valence-electron chi connectivity index (χ3n) is 6.52. The topological polar surface area (TPSA) is 77.5 Å². The van der Waals surface area contributed by atoms with Crippen molar-refractivity contribution in [2.24, 2.45) is 0 Å². The normalized spacial score (nSPS) is 13.2. The van der Waals surface area contributed by atoms with Crippen LogP contribution >= 0.6 is 11.3 Å². The monoisotopic (exact) mass is 514 g/mol. The molecule has 0 bridgehead atoms. The zero-order valence-corrected chi connectivity index (χ0v) is 22.1. The number of hydrogen-bond acceptors (Lipinski definition) is 6. The number of nitrogens with one attached hydrogen (secondary N) is 1. The minimum atomic E-state index is -0.374. The van der Waals surface area contributed by atoms with Crippen LogP contribution in [0.15, 0.2) is 54.6 Å². The van der Waals surface area contributed by atoms with Crippen molar-refractivity contribution in [1.82, 2.24) is 4.98 Å². The van der Waals surface area contributed by atoms with Gasteiger partial charge >= 0.3 is 5.97 Å². The van der Waals surface area contributed by atoms with Crippen LogP contribution in [0.2, 0.25) is 0 Å². The molecule has 1 N–H and O–H groups in total. The molecule has 5 rings (SSSR count). The van der Waals surface area contributed by atoms with Crippen molar-refractivity contribution in [2.75, 3.05) is 12.4 Å². The predicted molar refractivity (Wildman–Crippen MR) is 148 cm³/mol. The van der Waals surface area contributed by atoms with Gasteiger partial charge in [-0.15, -0.1) is 11.3 Å². The molecule has 7 heteroatoms. The van der Waals surface area contributed by atoms with E-state index in [1.807, 2.05) is 62.4 Å². The van der Waals surface area contributed by atoms with Crippen LogP contribution < -0.4 is 10.1 Å². The Morgan fingerprint density at radius 2 is 1.81 bits per heavy atom. The van der Waals surface area contributed by atoms with Gasteiger partial charge in [-0.1, -0.05) is 36.8 Å². The molecule has 1 aliphatic carbocycles. The number of carbonyl (C=O) groups is 2. The molecule has 37 heavy (non-hydrogen) atoms. The molecule has 0 saturated carbocycles. The first kappa shape index (κ1) is 25.0. The summed E-state index contributed by atoms with van der Waals surface area (Å²) in [6.45, 7) is 3.68. The van der Waals surface area contributed by atoms with Crippen molar-refractivity contribution in [3.05, 3.63) is 76.2 Å². The van der Waals surface area contributed by atoms with Crippen molar-refractivity contribution in [1.29, 1.82) is 0 Å². The van der Waals surface area contributed by atoms with E-state index >= 15 is 0 Å². The van der Waals surface area contributed by atoms with Crippen LogP contribution in [0.5, 0.6) is 5.75 Å². The third-order valence-corrected chi connectivity index (χ3v) is 7.73. The number of amides is 1. The highest BCUT2D eigenvalue weighted by Gasteiger charge is 2.28. The van der Waals surface area contributed by atoms with Gasteiger partial charge in [-0.25, -0.2) is 9.78 Å². The van der Waals surface area contributed by atoms with E-state index in [2.05, 4.69) is 5.32 Å². The van der Waals surface area contributed by atoms with Crippen LogP contribution in [-0.2, 0) is 17.6 Å². The fourth-order valence-electron chi connectivity index (χ4n) is 4.78. The van der Waals surface area contributed by atoms with Gasteiger partial charge in [-0.2, -0.15) is 0 Å². The largest absolute Gasteiger partial charge is 0.497 e. The molecule has 2 aromatic heterocycles. The van der Waals surface area contributed by atoms with Crippen LogP contribution in [0.3, 0.4) is 0 Å². The summed E-state index contributed by atoms with van der Waals surface area (Å²) in [4.78, 5) is 32.9. The molecule has 2 aromatic carbocycles.